The average molecular weight is 279 g/mol. The molecule has 1 aromatic carbocycles. The number of rotatable bonds is 2. The number of primary amides is 1. The first-order chi connectivity index (χ1) is 8.72. The number of amides is 2. The van der Waals surface area contributed by atoms with Crippen LogP contribution in [0.5, 0.6) is 0 Å². The van der Waals surface area contributed by atoms with Crippen LogP contribution in [0.1, 0.15) is 22.7 Å². The third-order valence-corrected chi connectivity index (χ3v) is 3.37. The van der Waals surface area contributed by atoms with Gasteiger partial charge in [-0.25, -0.2) is 9.78 Å². The predicted octanol–water partition coefficient (Wildman–Crippen LogP) is 2.20. The number of aromatic amines is 1. The lowest BCUT2D eigenvalue weighted by Gasteiger charge is -2.04. The van der Waals surface area contributed by atoms with Crippen LogP contribution in [0.2, 0.25) is 0 Å². The number of anilines is 1. The van der Waals surface area contributed by atoms with Gasteiger partial charge in [-0.2, -0.15) is 0 Å². The van der Waals surface area contributed by atoms with E-state index in [1.807, 2.05) is 18.3 Å². The Bertz CT molecular complexity index is 582. The maximum absolute atomic E-state index is 10.8. The van der Waals surface area contributed by atoms with E-state index < -0.39 is 6.03 Å². The van der Waals surface area contributed by atoms with E-state index in [0.29, 0.717) is 5.92 Å². The van der Waals surface area contributed by atoms with E-state index in [1.54, 1.807) is 6.33 Å². The fraction of sp³-hybridized carbons (Fsp3) is 0.231. The number of imidazole rings is 1. The first-order valence-corrected chi connectivity index (χ1v) is 5.89. The van der Waals surface area contributed by atoms with Gasteiger partial charge in [0.2, 0.25) is 0 Å². The van der Waals surface area contributed by atoms with Gasteiger partial charge < -0.3 is 16.0 Å². The Morgan fingerprint density at radius 1 is 1.37 bits per heavy atom. The van der Waals surface area contributed by atoms with Gasteiger partial charge in [-0.05, 0) is 36.1 Å². The summed E-state index contributed by atoms with van der Waals surface area (Å²) in [7, 11) is 0. The molecular weight excluding hydrogens is 264 g/mol. The smallest absolute Gasteiger partial charge is 0.316 e. The number of aromatic nitrogens is 2. The van der Waals surface area contributed by atoms with Crippen molar-refractivity contribution in [3.8, 4) is 0 Å². The molecule has 19 heavy (non-hydrogen) atoms. The molecule has 0 saturated heterocycles. The molecule has 0 radical (unpaired) electrons. The molecule has 5 nitrogen and oxygen atoms in total. The van der Waals surface area contributed by atoms with E-state index in [2.05, 4.69) is 21.4 Å². The summed E-state index contributed by atoms with van der Waals surface area (Å²) < 4.78 is 0. The van der Waals surface area contributed by atoms with E-state index in [9.17, 15) is 4.79 Å². The van der Waals surface area contributed by atoms with Gasteiger partial charge in [0.05, 0.1) is 6.33 Å². The number of benzene rings is 1. The summed E-state index contributed by atoms with van der Waals surface area (Å²) in [5.74, 6) is 0.450. The first kappa shape index (κ1) is 13.4. The fourth-order valence-corrected chi connectivity index (χ4v) is 2.55. The zero-order valence-corrected chi connectivity index (χ0v) is 11.0. The van der Waals surface area contributed by atoms with Gasteiger partial charge >= 0.3 is 6.03 Å². The molecule has 0 fully saturated rings. The highest BCUT2D eigenvalue weighted by atomic mass is 35.5. The molecule has 4 N–H and O–H groups in total. The van der Waals surface area contributed by atoms with Gasteiger partial charge in [-0.3, -0.25) is 0 Å². The summed E-state index contributed by atoms with van der Waals surface area (Å²) in [5.41, 5.74) is 9.62. The lowest BCUT2D eigenvalue weighted by molar-refractivity contribution is 0.259. The van der Waals surface area contributed by atoms with Crippen LogP contribution < -0.4 is 11.1 Å². The number of hydrogen-bond donors (Lipinski definition) is 3. The van der Waals surface area contributed by atoms with Gasteiger partial charge in [-0.1, -0.05) is 6.07 Å². The number of carbonyl (C=O) groups is 1. The number of nitrogens with one attached hydrogen (secondary N) is 2. The van der Waals surface area contributed by atoms with E-state index in [4.69, 9.17) is 5.73 Å². The van der Waals surface area contributed by atoms with Gasteiger partial charge in [0.25, 0.3) is 0 Å². The number of nitrogens with zero attached hydrogens (tertiary/aromatic N) is 1. The summed E-state index contributed by atoms with van der Waals surface area (Å²) in [4.78, 5) is 18.0. The van der Waals surface area contributed by atoms with Crippen LogP contribution in [-0.4, -0.2) is 16.0 Å². The third-order valence-electron chi connectivity index (χ3n) is 3.37. The number of nitrogens with two attached hydrogens (primary N) is 1. The molecule has 3 rings (SSSR count). The van der Waals surface area contributed by atoms with Crippen LogP contribution >= 0.6 is 12.4 Å². The van der Waals surface area contributed by atoms with Crippen molar-refractivity contribution in [1.29, 1.82) is 0 Å². The quantitative estimate of drug-likeness (QED) is 0.787. The monoisotopic (exact) mass is 278 g/mol. The second-order valence-corrected chi connectivity index (χ2v) is 4.58. The lowest BCUT2D eigenvalue weighted by atomic mass is 10.0. The zero-order chi connectivity index (χ0) is 12.5. The molecule has 1 atom stereocenters. The molecule has 1 unspecified atom stereocenters. The van der Waals surface area contributed by atoms with E-state index in [0.717, 1.165) is 24.2 Å². The molecule has 100 valence electrons. The number of halogens is 1. The van der Waals surface area contributed by atoms with E-state index in [-0.39, 0.29) is 12.4 Å². The molecule has 2 aromatic rings. The van der Waals surface area contributed by atoms with Crippen LogP contribution in [-0.2, 0) is 12.8 Å². The molecule has 0 saturated carbocycles. The Morgan fingerprint density at radius 2 is 2.16 bits per heavy atom. The molecule has 0 aliphatic heterocycles. The van der Waals surface area contributed by atoms with E-state index in [1.165, 1.54) is 11.1 Å². The summed E-state index contributed by atoms with van der Waals surface area (Å²) >= 11 is 0. The van der Waals surface area contributed by atoms with Crippen molar-refractivity contribution in [2.45, 2.75) is 18.8 Å². The third kappa shape index (κ3) is 2.71. The first-order valence-electron chi connectivity index (χ1n) is 5.89. The molecule has 1 aliphatic rings. The molecule has 1 aromatic heterocycles. The van der Waals surface area contributed by atoms with Crippen molar-refractivity contribution >= 4 is 24.1 Å². The second-order valence-electron chi connectivity index (χ2n) is 4.58. The number of urea groups is 1. The van der Waals surface area contributed by atoms with E-state index >= 15 is 0 Å². The number of H-pyrrole nitrogens is 1. The van der Waals surface area contributed by atoms with Crippen LogP contribution in [0.25, 0.3) is 0 Å². The lowest BCUT2D eigenvalue weighted by Crippen LogP contribution is -2.19. The Kier molecular flexibility index (Phi) is 3.76. The zero-order valence-electron chi connectivity index (χ0n) is 10.2. The molecule has 0 bridgehead atoms. The number of hydrogen-bond acceptors (Lipinski definition) is 2. The SMILES string of the molecule is Cl.NC(=O)Nc1ccc2c(c1)CC(c1cnc[nH]1)C2. The minimum Gasteiger partial charge on any atom is -0.351 e. The van der Waals surface area contributed by atoms with Crippen molar-refractivity contribution in [2.24, 2.45) is 5.73 Å². The molecule has 1 aliphatic carbocycles. The largest absolute Gasteiger partial charge is 0.351 e. The normalized spacial score (nSPS) is 16.5. The minimum absolute atomic E-state index is 0. The summed E-state index contributed by atoms with van der Waals surface area (Å²) in [6, 6.07) is 5.41. The predicted molar refractivity (Wildman–Crippen MR) is 75.6 cm³/mol. The van der Waals surface area contributed by atoms with Crippen LogP contribution in [0, 0.1) is 0 Å². The molecule has 1 heterocycles. The fourth-order valence-electron chi connectivity index (χ4n) is 2.55. The van der Waals surface area contributed by atoms with Crippen LogP contribution in [0.4, 0.5) is 10.5 Å². The second kappa shape index (κ2) is 5.32. The van der Waals surface area contributed by atoms with Gasteiger partial charge in [0.1, 0.15) is 0 Å². The number of carbonyl (C=O) groups excluding carboxylic acids is 1. The summed E-state index contributed by atoms with van der Waals surface area (Å²) in [5, 5.41) is 2.60. The standard InChI is InChI=1S/C13H14N4O.ClH/c14-13(18)17-11-2-1-8-3-10(4-9(8)5-11)12-6-15-7-16-12;/h1-2,5-7,10H,3-4H2,(H,15,16)(H3,14,17,18);1H. The summed E-state index contributed by atoms with van der Waals surface area (Å²) in [6.07, 6.45) is 5.55. The van der Waals surface area contributed by atoms with Crippen molar-refractivity contribution < 1.29 is 4.79 Å². The molecule has 6 heteroatoms. The highest BCUT2D eigenvalue weighted by Crippen LogP contribution is 2.34. The maximum atomic E-state index is 10.8. The van der Waals surface area contributed by atoms with Crippen molar-refractivity contribution in [3.63, 3.8) is 0 Å². The minimum atomic E-state index is -0.530. The maximum Gasteiger partial charge on any atom is 0.316 e. The van der Waals surface area contributed by atoms with Gasteiger partial charge in [-0.15, -0.1) is 12.4 Å². The van der Waals surface area contributed by atoms with Crippen LogP contribution in [0.15, 0.2) is 30.7 Å². The van der Waals surface area contributed by atoms with Crippen molar-refractivity contribution in [1.82, 2.24) is 9.97 Å². The van der Waals surface area contributed by atoms with Gasteiger partial charge in [0.15, 0.2) is 0 Å². The van der Waals surface area contributed by atoms with Crippen molar-refractivity contribution in [2.75, 3.05) is 5.32 Å². The Labute approximate surface area is 117 Å². The number of fused-ring (bicyclic) bond motifs is 1. The Balaban J connectivity index is 0.00000133. The Hall–Kier alpha value is -2.01. The van der Waals surface area contributed by atoms with Crippen molar-refractivity contribution in [3.05, 3.63) is 47.5 Å². The topological polar surface area (TPSA) is 83.8 Å². The molecule has 2 amide bonds. The average Bonchev–Trinajstić information content (AvgIpc) is 2.95. The summed E-state index contributed by atoms with van der Waals surface area (Å²) in [6.45, 7) is 0. The van der Waals surface area contributed by atoms with Crippen LogP contribution in [0.3, 0.4) is 0 Å². The molecule has 0 spiro atoms. The van der Waals surface area contributed by atoms with Gasteiger partial charge in [0, 0.05) is 23.5 Å². The highest BCUT2D eigenvalue weighted by molar-refractivity contribution is 5.88. The highest BCUT2D eigenvalue weighted by Gasteiger charge is 2.23. The molecular formula is C13H15ClN4O. The Morgan fingerprint density at radius 3 is 2.84 bits per heavy atom.